The Hall–Kier alpha value is -5.13. The van der Waals surface area contributed by atoms with E-state index in [0.717, 1.165) is 22.3 Å². The number of nitrogens with zero attached hydrogens (tertiary/aromatic N) is 2. The van der Waals surface area contributed by atoms with Crippen LogP contribution in [0.4, 0.5) is 13.2 Å². The van der Waals surface area contributed by atoms with Crippen LogP contribution in [-0.4, -0.2) is 39.7 Å². The van der Waals surface area contributed by atoms with E-state index in [0.29, 0.717) is 5.56 Å². The highest BCUT2D eigenvalue weighted by molar-refractivity contribution is 5.95. The molecule has 212 valence electrons. The van der Waals surface area contributed by atoms with Crippen LogP contribution in [0.25, 0.3) is 0 Å². The summed E-state index contributed by atoms with van der Waals surface area (Å²) in [5, 5.41) is 2.37. The van der Waals surface area contributed by atoms with Crippen LogP contribution in [0.15, 0.2) is 94.5 Å². The van der Waals surface area contributed by atoms with Gasteiger partial charge in [0, 0.05) is 37.3 Å². The highest BCUT2D eigenvalue weighted by Crippen LogP contribution is 2.28. The van der Waals surface area contributed by atoms with Gasteiger partial charge in [-0.1, -0.05) is 66.7 Å². The van der Waals surface area contributed by atoms with Gasteiger partial charge in [0.25, 0.3) is 17.4 Å². The zero-order chi connectivity index (χ0) is 29.6. The molecule has 4 rings (SSSR count). The second-order valence-corrected chi connectivity index (χ2v) is 9.10. The van der Waals surface area contributed by atoms with Crippen LogP contribution in [0, 0.1) is 0 Å². The Morgan fingerprint density at radius 1 is 0.927 bits per heavy atom. The number of benzene rings is 3. The number of aromatic amines is 1. The van der Waals surface area contributed by atoms with Crippen molar-refractivity contribution in [3.05, 3.63) is 134 Å². The lowest BCUT2D eigenvalue weighted by Crippen LogP contribution is -2.38. The Balaban J connectivity index is 1.50. The van der Waals surface area contributed by atoms with E-state index in [2.05, 4.69) is 15.0 Å². The van der Waals surface area contributed by atoms with Crippen LogP contribution in [0.1, 0.15) is 37.5 Å². The number of carbonyl (C=O) groups excluding carboxylic acids is 2. The molecule has 0 bridgehead atoms. The number of amides is 2. The molecule has 41 heavy (non-hydrogen) atoms. The molecule has 0 aliphatic heterocycles. The standard InChI is InChI=1S/C29H25F3N4O5/c1-35(17-19-8-4-2-5-9-19)27(39)21-12-13-22(24(14-21)41-29(30,31)32)16-33-26(38)23-15-25(37)36(28(40)34-23)18-20-10-6-3-7-11-20/h2-15H,16-18H2,1H3,(H,33,38)(H,34,40). The van der Waals surface area contributed by atoms with E-state index in [1.807, 2.05) is 18.2 Å². The highest BCUT2D eigenvalue weighted by atomic mass is 19.4. The molecule has 0 atom stereocenters. The average molecular weight is 567 g/mol. The molecule has 9 nitrogen and oxygen atoms in total. The number of hydrogen-bond donors (Lipinski definition) is 2. The molecule has 12 heteroatoms. The minimum absolute atomic E-state index is 0.0132. The summed E-state index contributed by atoms with van der Waals surface area (Å²) in [5.74, 6) is -2.11. The fourth-order valence-electron chi connectivity index (χ4n) is 4.03. The fourth-order valence-corrected chi connectivity index (χ4v) is 4.03. The van der Waals surface area contributed by atoms with Gasteiger partial charge in [-0.15, -0.1) is 13.2 Å². The summed E-state index contributed by atoms with van der Waals surface area (Å²) in [6, 6.07) is 22.2. The maximum atomic E-state index is 13.2. The molecule has 0 aliphatic carbocycles. The molecule has 1 heterocycles. The maximum absolute atomic E-state index is 13.2. The van der Waals surface area contributed by atoms with E-state index in [1.165, 1.54) is 24.1 Å². The Morgan fingerprint density at radius 2 is 1.56 bits per heavy atom. The Labute approximate surface area is 231 Å². The summed E-state index contributed by atoms with van der Waals surface area (Å²) in [6.45, 7) is -0.233. The molecule has 3 aromatic carbocycles. The minimum Gasteiger partial charge on any atom is -0.405 e. The number of halogens is 3. The topological polar surface area (TPSA) is 113 Å². The summed E-state index contributed by atoms with van der Waals surface area (Å²) in [4.78, 5) is 54.2. The monoisotopic (exact) mass is 566 g/mol. The molecule has 0 fully saturated rings. The van der Waals surface area contributed by atoms with Gasteiger partial charge in [0.1, 0.15) is 11.4 Å². The number of carbonyl (C=O) groups is 2. The second-order valence-electron chi connectivity index (χ2n) is 9.10. The van der Waals surface area contributed by atoms with Crippen LogP contribution >= 0.6 is 0 Å². The molecule has 2 amide bonds. The van der Waals surface area contributed by atoms with Crippen molar-refractivity contribution in [3.63, 3.8) is 0 Å². The number of nitrogens with one attached hydrogen (secondary N) is 2. The zero-order valence-corrected chi connectivity index (χ0v) is 21.8. The molecule has 2 N–H and O–H groups in total. The van der Waals surface area contributed by atoms with Crippen molar-refractivity contribution in [2.45, 2.75) is 26.0 Å². The molecule has 0 aliphatic rings. The van der Waals surface area contributed by atoms with Crippen molar-refractivity contribution >= 4 is 11.8 Å². The zero-order valence-electron chi connectivity index (χ0n) is 21.8. The summed E-state index contributed by atoms with van der Waals surface area (Å²) < 4.78 is 44.5. The van der Waals surface area contributed by atoms with Gasteiger partial charge in [-0.3, -0.25) is 19.0 Å². The van der Waals surface area contributed by atoms with Gasteiger partial charge in [-0.25, -0.2) is 4.79 Å². The number of H-pyrrole nitrogens is 1. The Bertz CT molecular complexity index is 1620. The maximum Gasteiger partial charge on any atom is 0.573 e. The lowest BCUT2D eigenvalue weighted by molar-refractivity contribution is -0.274. The van der Waals surface area contributed by atoms with Gasteiger partial charge < -0.3 is 19.9 Å². The minimum atomic E-state index is -5.06. The van der Waals surface area contributed by atoms with E-state index in [9.17, 15) is 32.3 Å². The van der Waals surface area contributed by atoms with Crippen LogP contribution in [0.5, 0.6) is 5.75 Å². The van der Waals surface area contributed by atoms with Crippen molar-refractivity contribution in [2.24, 2.45) is 0 Å². The van der Waals surface area contributed by atoms with Crippen molar-refractivity contribution in [1.29, 1.82) is 0 Å². The first-order valence-electron chi connectivity index (χ1n) is 12.3. The predicted molar refractivity (Wildman–Crippen MR) is 143 cm³/mol. The predicted octanol–water partition coefficient (Wildman–Crippen LogP) is 3.69. The van der Waals surface area contributed by atoms with E-state index in [4.69, 9.17) is 0 Å². The average Bonchev–Trinajstić information content (AvgIpc) is 2.93. The molecular weight excluding hydrogens is 541 g/mol. The van der Waals surface area contributed by atoms with Crippen LogP contribution in [-0.2, 0) is 19.6 Å². The van der Waals surface area contributed by atoms with Crippen molar-refractivity contribution in [1.82, 2.24) is 19.8 Å². The first-order valence-corrected chi connectivity index (χ1v) is 12.3. The van der Waals surface area contributed by atoms with Gasteiger partial charge >= 0.3 is 12.1 Å². The lowest BCUT2D eigenvalue weighted by atomic mass is 10.1. The van der Waals surface area contributed by atoms with Crippen LogP contribution in [0.3, 0.4) is 0 Å². The number of ether oxygens (including phenoxy) is 1. The van der Waals surface area contributed by atoms with Crippen molar-refractivity contribution < 1.29 is 27.5 Å². The first kappa shape index (κ1) is 28.9. The quantitative estimate of drug-likeness (QED) is 0.321. The summed E-state index contributed by atoms with van der Waals surface area (Å²) in [7, 11) is 1.52. The van der Waals surface area contributed by atoms with E-state index >= 15 is 0 Å². The highest BCUT2D eigenvalue weighted by Gasteiger charge is 2.32. The van der Waals surface area contributed by atoms with Gasteiger partial charge in [-0.2, -0.15) is 0 Å². The molecule has 0 spiro atoms. The largest absolute Gasteiger partial charge is 0.573 e. The van der Waals surface area contributed by atoms with Crippen LogP contribution in [0.2, 0.25) is 0 Å². The fraction of sp³-hybridized carbons (Fsp3) is 0.172. The number of hydrogen-bond acceptors (Lipinski definition) is 5. The van der Waals surface area contributed by atoms with E-state index in [-0.39, 0.29) is 29.9 Å². The molecular formula is C29H25F3N4O5. The Kier molecular flexibility index (Phi) is 8.71. The SMILES string of the molecule is CN(Cc1ccccc1)C(=O)c1ccc(CNC(=O)c2cc(=O)n(Cc3ccccc3)c(=O)[nH]2)c(OC(F)(F)F)c1. The number of aromatic nitrogens is 2. The molecule has 4 aromatic rings. The van der Waals surface area contributed by atoms with Gasteiger partial charge in [0.15, 0.2) is 0 Å². The summed E-state index contributed by atoms with van der Waals surface area (Å²) in [6.07, 6.45) is -5.06. The van der Waals surface area contributed by atoms with Gasteiger partial charge in [-0.05, 0) is 23.3 Å². The Morgan fingerprint density at radius 3 is 2.17 bits per heavy atom. The number of alkyl halides is 3. The molecule has 0 unspecified atom stereocenters. The lowest BCUT2D eigenvalue weighted by Gasteiger charge is -2.19. The summed E-state index contributed by atoms with van der Waals surface area (Å²) >= 11 is 0. The van der Waals surface area contributed by atoms with Gasteiger partial charge in [0.2, 0.25) is 0 Å². The van der Waals surface area contributed by atoms with Crippen molar-refractivity contribution in [2.75, 3.05) is 7.05 Å². The second kappa shape index (κ2) is 12.4. The normalized spacial score (nSPS) is 11.1. The number of rotatable bonds is 9. The summed E-state index contributed by atoms with van der Waals surface area (Å²) in [5.41, 5.74) is -0.525. The third-order valence-electron chi connectivity index (χ3n) is 6.04. The molecule has 0 saturated heterocycles. The van der Waals surface area contributed by atoms with E-state index in [1.54, 1.807) is 42.5 Å². The van der Waals surface area contributed by atoms with Gasteiger partial charge in [0.05, 0.1) is 6.54 Å². The molecule has 0 radical (unpaired) electrons. The van der Waals surface area contributed by atoms with Crippen molar-refractivity contribution in [3.8, 4) is 5.75 Å². The third kappa shape index (κ3) is 7.72. The van der Waals surface area contributed by atoms with E-state index < -0.39 is 41.7 Å². The molecule has 1 aromatic heterocycles. The smallest absolute Gasteiger partial charge is 0.405 e. The first-order chi connectivity index (χ1) is 19.5. The third-order valence-corrected chi connectivity index (χ3v) is 6.04. The van der Waals surface area contributed by atoms with Crippen LogP contribution < -0.4 is 21.3 Å². The molecule has 0 saturated carbocycles.